The smallest absolute Gasteiger partial charge is 0.258 e. The van der Waals surface area contributed by atoms with E-state index >= 15 is 0 Å². The monoisotopic (exact) mass is 266 g/mol. The number of nitrogens with zero attached hydrogens (tertiary/aromatic N) is 1. The van der Waals surface area contributed by atoms with E-state index in [4.69, 9.17) is 0 Å². The minimum absolute atomic E-state index is 0.0271. The summed E-state index contributed by atoms with van der Waals surface area (Å²) >= 11 is 0. The Morgan fingerprint density at radius 1 is 1.53 bits per heavy atom. The van der Waals surface area contributed by atoms with Crippen LogP contribution >= 0.6 is 0 Å². The highest BCUT2D eigenvalue weighted by Crippen LogP contribution is 2.20. The van der Waals surface area contributed by atoms with Crippen LogP contribution in [0.5, 0.6) is 5.75 Å². The zero-order chi connectivity index (χ0) is 14.0. The molecule has 0 spiro atoms. The lowest BCUT2D eigenvalue weighted by Crippen LogP contribution is -2.48. The van der Waals surface area contributed by atoms with Gasteiger partial charge in [-0.15, -0.1) is 0 Å². The lowest BCUT2D eigenvalue weighted by atomic mass is 10.0. The number of rotatable bonds is 2. The van der Waals surface area contributed by atoms with Crippen LogP contribution in [0.3, 0.4) is 0 Å². The van der Waals surface area contributed by atoms with E-state index in [0.29, 0.717) is 19.4 Å². The number of likely N-dealkylation sites (N-methyl/N-ethyl adjacent to an activating group) is 1. The van der Waals surface area contributed by atoms with E-state index in [-0.39, 0.29) is 17.5 Å². The van der Waals surface area contributed by atoms with Gasteiger partial charge in [0.15, 0.2) is 0 Å². The maximum absolute atomic E-state index is 13.5. The molecule has 0 aliphatic carbocycles. The fourth-order valence-corrected chi connectivity index (χ4v) is 2.13. The van der Waals surface area contributed by atoms with Crippen molar-refractivity contribution in [2.45, 2.75) is 18.9 Å². The fourth-order valence-electron chi connectivity index (χ4n) is 2.13. The molecule has 2 N–H and O–H groups in total. The average molecular weight is 266 g/mol. The van der Waals surface area contributed by atoms with E-state index in [0.717, 1.165) is 6.07 Å². The minimum atomic E-state index is -0.766. The number of piperidine rings is 1. The van der Waals surface area contributed by atoms with E-state index < -0.39 is 17.5 Å². The molecule has 1 aliphatic rings. The molecule has 2 amide bonds. The molecule has 2 rings (SSSR count). The van der Waals surface area contributed by atoms with Gasteiger partial charge in [-0.3, -0.25) is 9.59 Å². The van der Waals surface area contributed by atoms with Crippen molar-refractivity contribution in [2.75, 3.05) is 13.6 Å². The number of nitrogens with one attached hydrogen (secondary N) is 1. The fraction of sp³-hybridized carbons (Fsp3) is 0.385. The Kier molecular flexibility index (Phi) is 3.69. The number of hydrogen-bond donors (Lipinski definition) is 2. The number of carbonyl (C=O) groups excluding carboxylic acids is 2. The van der Waals surface area contributed by atoms with Gasteiger partial charge in [0.2, 0.25) is 5.91 Å². The van der Waals surface area contributed by atoms with Gasteiger partial charge in [-0.25, -0.2) is 4.39 Å². The standard InChI is InChI=1S/C13H15FN2O3/c1-16-7-8(5-6-11(16)18)15-13(19)12-9(14)3-2-4-10(12)17/h2-4,8,17H,5-7H2,1H3,(H,15,19)/t8-/m1/s1. The number of halogens is 1. The predicted molar refractivity (Wildman–Crippen MR) is 66.2 cm³/mol. The van der Waals surface area contributed by atoms with Crippen molar-refractivity contribution in [2.24, 2.45) is 0 Å². The molecule has 1 aliphatic heterocycles. The Balaban J connectivity index is 2.08. The first kappa shape index (κ1) is 13.3. The third-order valence-corrected chi connectivity index (χ3v) is 3.18. The molecule has 0 saturated carbocycles. The van der Waals surface area contributed by atoms with Gasteiger partial charge in [-0.1, -0.05) is 6.07 Å². The summed E-state index contributed by atoms with van der Waals surface area (Å²) in [5, 5.41) is 12.2. The van der Waals surface area contributed by atoms with Gasteiger partial charge >= 0.3 is 0 Å². The van der Waals surface area contributed by atoms with Gasteiger partial charge in [0.05, 0.1) is 0 Å². The highest BCUT2D eigenvalue weighted by Gasteiger charge is 2.26. The first-order valence-corrected chi connectivity index (χ1v) is 6.01. The number of hydrogen-bond acceptors (Lipinski definition) is 3. The molecule has 6 heteroatoms. The molecule has 1 fully saturated rings. The first-order chi connectivity index (χ1) is 8.99. The second kappa shape index (κ2) is 5.26. The molecule has 1 aromatic carbocycles. The van der Waals surface area contributed by atoms with Crippen molar-refractivity contribution in [1.82, 2.24) is 10.2 Å². The number of amides is 2. The first-order valence-electron chi connectivity index (χ1n) is 6.01. The highest BCUT2D eigenvalue weighted by molar-refractivity contribution is 5.97. The van der Waals surface area contributed by atoms with Crippen LogP contribution in [0.1, 0.15) is 23.2 Å². The van der Waals surface area contributed by atoms with E-state index in [2.05, 4.69) is 5.32 Å². The van der Waals surface area contributed by atoms with Gasteiger partial charge < -0.3 is 15.3 Å². The Bertz CT molecular complexity index is 498. The van der Waals surface area contributed by atoms with Crippen molar-refractivity contribution in [3.63, 3.8) is 0 Å². The van der Waals surface area contributed by atoms with Crippen LogP contribution in [-0.2, 0) is 4.79 Å². The number of aromatic hydroxyl groups is 1. The molecule has 0 aromatic heterocycles. The SMILES string of the molecule is CN1C[C@H](NC(=O)c2c(O)cccc2F)CCC1=O. The summed E-state index contributed by atoms with van der Waals surface area (Å²) in [7, 11) is 1.65. The normalized spacial score (nSPS) is 19.4. The van der Waals surface area contributed by atoms with Crippen LogP contribution in [0.15, 0.2) is 18.2 Å². The molecule has 0 unspecified atom stereocenters. The number of phenols is 1. The predicted octanol–water partition coefficient (Wildman–Crippen LogP) is 0.882. The quantitative estimate of drug-likeness (QED) is 0.835. The molecule has 1 saturated heterocycles. The van der Waals surface area contributed by atoms with Crippen LogP contribution in [0.25, 0.3) is 0 Å². The number of phenolic OH excluding ortho intramolecular Hbond substituents is 1. The van der Waals surface area contributed by atoms with Gasteiger partial charge in [0.1, 0.15) is 17.1 Å². The topological polar surface area (TPSA) is 69.6 Å². The summed E-state index contributed by atoms with van der Waals surface area (Å²) in [6.07, 6.45) is 0.870. The summed E-state index contributed by atoms with van der Waals surface area (Å²) < 4.78 is 13.5. The molecule has 1 aromatic rings. The minimum Gasteiger partial charge on any atom is -0.507 e. The average Bonchev–Trinajstić information content (AvgIpc) is 2.33. The Morgan fingerprint density at radius 2 is 2.26 bits per heavy atom. The summed E-state index contributed by atoms with van der Waals surface area (Å²) in [5.41, 5.74) is -0.359. The molecular formula is C13H15FN2O3. The lowest BCUT2D eigenvalue weighted by Gasteiger charge is -2.30. The molecule has 0 bridgehead atoms. The largest absolute Gasteiger partial charge is 0.507 e. The van der Waals surface area contributed by atoms with E-state index in [1.807, 2.05) is 0 Å². The molecule has 1 heterocycles. The van der Waals surface area contributed by atoms with Gasteiger partial charge in [0.25, 0.3) is 5.91 Å². The van der Waals surface area contributed by atoms with Crippen LogP contribution in [0, 0.1) is 5.82 Å². The van der Waals surface area contributed by atoms with E-state index in [1.165, 1.54) is 17.0 Å². The van der Waals surface area contributed by atoms with Gasteiger partial charge in [-0.2, -0.15) is 0 Å². The molecule has 102 valence electrons. The maximum atomic E-state index is 13.5. The third kappa shape index (κ3) is 2.83. The molecule has 0 radical (unpaired) electrons. The van der Waals surface area contributed by atoms with Crippen LogP contribution in [-0.4, -0.2) is 41.5 Å². The molecular weight excluding hydrogens is 251 g/mol. The zero-order valence-corrected chi connectivity index (χ0v) is 10.5. The second-order valence-electron chi connectivity index (χ2n) is 4.62. The summed E-state index contributed by atoms with van der Waals surface area (Å²) in [6, 6.07) is 3.47. The molecule has 5 nitrogen and oxygen atoms in total. The number of likely N-dealkylation sites (tertiary alicyclic amines) is 1. The Morgan fingerprint density at radius 3 is 2.89 bits per heavy atom. The second-order valence-corrected chi connectivity index (χ2v) is 4.62. The maximum Gasteiger partial charge on any atom is 0.258 e. The van der Waals surface area contributed by atoms with Gasteiger partial charge in [0, 0.05) is 26.1 Å². The molecule has 1 atom stereocenters. The Labute approximate surface area is 110 Å². The number of carbonyl (C=O) groups is 2. The van der Waals surface area contributed by atoms with E-state index in [1.54, 1.807) is 7.05 Å². The van der Waals surface area contributed by atoms with Crippen molar-refractivity contribution < 1.29 is 19.1 Å². The van der Waals surface area contributed by atoms with Crippen LogP contribution in [0.2, 0.25) is 0 Å². The lowest BCUT2D eigenvalue weighted by molar-refractivity contribution is -0.132. The summed E-state index contributed by atoms with van der Waals surface area (Å²) in [5.74, 6) is -1.79. The van der Waals surface area contributed by atoms with Gasteiger partial charge in [-0.05, 0) is 18.6 Å². The van der Waals surface area contributed by atoms with Crippen molar-refractivity contribution in [1.29, 1.82) is 0 Å². The molecule has 19 heavy (non-hydrogen) atoms. The number of benzene rings is 1. The van der Waals surface area contributed by atoms with Crippen LogP contribution < -0.4 is 5.32 Å². The van der Waals surface area contributed by atoms with Crippen molar-refractivity contribution >= 4 is 11.8 Å². The summed E-state index contributed by atoms with van der Waals surface area (Å²) in [6.45, 7) is 0.389. The zero-order valence-electron chi connectivity index (χ0n) is 10.5. The van der Waals surface area contributed by atoms with Crippen molar-refractivity contribution in [3.05, 3.63) is 29.6 Å². The third-order valence-electron chi connectivity index (χ3n) is 3.18. The Hall–Kier alpha value is -2.11. The van der Waals surface area contributed by atoms with E-state index in [9.17, 15) is 19.1 Å². The van der Waals surface area contributed by atoms with Crippen molar-refractivity contribution in [3.8, 4) is 5.75 Å². The summed E-state index contributed by atoms with van der Waals surface area (Å²) in [4.78, 5) is 24.8. The highest BCUT2D eigenvalue weighted by atomic mass is 19.1. The van der Waals surface area contributed by atoms with Crippen LogP contribution in [0.4, 0.5) is 4.39 Å².